The molecule has 2 aromatic rings. The fourth-order valence-corrected chi connectivity index (χ4v) is 2.88. The van der Waals surface area contributed by atoms with Gasteiger partial charge < -0.3 is 9.42 Å². The number of carbonyl (C=O) groups is 1. The largest absolute Gasteiger partial charge is 0.356 e. The van der Waals surface area contributed by atoms with E-state index in [2.05, 4.69) is 19.0 Å². The van der Waals surface area contributed by atoms with Crippen LogP contribution in [0.25, 0.3) is 11.3 Å². The molecular weight excluding hydrogens is 300 g/mol. The van der Waals surface area contributed by atoms with E-state index in [-0.39, 0.29) is 5.91 Å². The van der Waals surface area contributed by atoms with Gasteiger partial charge in [-0.1, -0.05) is 30.6 Å². The van der Waals surface area contributed by atoms with Gasteiger partial charge in [0.05, 0.1) is 6.54 Å². The number of aromatic nitrogens is 1. The van der Waals surface area contributed by atoms with Crippen LogP contribution >= 0.6 is 11.6 Å². The molecule has 1 aromatic carbocycles. The number of fused-ring (bicyclic) bond motifs is 1. The Kier molecular flexibility index (Phi) is 4.21. The Morgan fingerprint density at radius 2 is 2.09 bits per heavy atom. The van der Waals surface area contributed by atoms with Crippen molar-refractivity contribution in [3.63, 3.8) is 0 Å². The summed E-state index contributed by atoms with van der Waals surface area (Å²) in [7, 11) is 0. The molecule has 116 valence electrons. The molecule has 1 aliphatic heterocycles. The van der Waals surface area contributed by atoms with E-state index < -0.39 is 0 Å². The van der Waals surface area contributed by atoms with E-state index in [1.807, 2.05) is 29.2 Å². The van der Waals surface area contributed by atoms with Crippen LogP contribution in [0.15, 0.2) is 28.8 Å². The predicted molar refractivity (Wildman–Crippen MR) is 85.5 cm³/mol. The highest BCUT2D eigenvalue weighted by atomic mass is 35.5. The van der Waals surface area contributed by atoms with Gasteiger partial charge in [-0.3, -0.25) is 4.79 Å². The molecule has 0 bridgehead atoms. The second-order valence-electron chi connectivity index (χ2n) is 6.11. The molecule has 0 atom stereocenters. The Morgan fingerprint density at radius 1 is 1.36 bits per heavy atom. The molecule has 5 heteroatoms. The highest BCUT2D eigenvalue weighted by molar-refractivity contribution is 6.30. The average Bonchev–Trinajstić information content (AvgIpc) is 2.90. The fourth-order valence-electron chi connectivity index (χ4n) is 2.75. The van der Waals surface area contributed by atoms with Crippen molar-refractivity contribution in [3.05, 3.63) is 40.5 Å². The minimum absolute atomic E-state index is 0.191. The Labute approximate surface area is 135 Å². The monoisotopic (exact) mass is 318 g/mol. The molecule has 1 aliphatic rings. The third-order valence-electron chi connectivity index (χ3n) is 3.88. The lowest BCUT2D eigenvalue weighted by Crippen LogP contribution is -2.36. The van der Waals surface area contributed by atoms with E-state index in [0.717, 1.165) is 35.5 Å². The molecule has 0 spiro atoms. The number of carbonyl (C=O) groups excluding carboxylic acids is 1. The summed E-state index contributed by atoms with van der Waals surface area (Å²) >= 11 is 5.92. The Morgan fingerprint density at radius 3 is 2.77 bits per heavy atom. The molecule has 1 aromatic heterocycles. The smallest absolute Gasteiger partial charge is 0.223 e. The summed E-state index contributed by atoms with van der Waals surface area (Å²) in [4.78, 5) is 14.1. The van der Waals surface area contributed by atoms with Crippen LogP contribution in [0, 0.1) is 5.92 Å². The number of amides is 1. The third kappa shape index (κ3) is 3.02. The number of hydrogen-bond acceptors (Lipinski definition) is 3. The maximum Gasteiger partial charge on any atom is 0.223 e. The van der Waals surface area contributed by atoms with Gasteiger partial charge >= 0.3 is 0 Å². The SMILES string of the molecule is CC(C)CC(=O)N1CCc2c(noc2-c2ccc(Cl)cc2)C1. The number of benzene rings is 1. The first-order valence-corrected chi connectivity index (χ1v) is 7.93. The standard InChI is InChI=1S/C17H19ClN2O2/c1-11(2)9-16(21)20-8-7-14-15(10-20)19-22-17(14)12-3-5-13(18)6-4-12/h3-6,11H,7-10H2,1-2H3. The molecular formula is C17H19ClN2O2. The van der Waals surface area contributed by atoms with Crippen molar-refractivity contribution in [1.82, 2.24) is 10.1 Å². The number of rotatable bonds is 3. The Hall–Kier alpha value is -1.81. The van der Waals surface area contributed by atoms with Gasteiger partial charge in [-0.25, -0.2) is 0 Å². The molecule has 4 nitrogen and oxygen atoms in total. The molecule has 22 heavy (non-hydrogen) atoms. The van der Waals surface area contributed by atoms with Crippen LogP contribution in [0.5, 0.6) is 0 Å². The number of nitrogens with zero attached hydrogens (tertiary/aromatic N) is 2. The highest BCUT2D eigenvalue weighted by Gasteiger charge is 2.27. The molecule has 0 saturated carbocycles. The van der Waals surface area contributed by atoms with E-state index in [0.29, 0.717) is 23.9 Å². The van der Waals surface area contributed by atoms with Gasteiger partial charge in [0.1, 0.15) is 5.69 Å². The molecule has 1 amide bonds. The van der Waals surface area contributed by atoms with E-state index in [4.69, 9.17) is 16.1 Å². The molecule has 0 fully saturated rings. The summed E-state index contributed by atoms with van der Waals surface area (Å²) in [5, 5.41) is 4.86. The topological polar surface area (TPSA) is 46.3 Å². The summed E-state index contributed by atoms with van der Waals surface area (Å²) in [6.45, 7) is 5.38. The van der Waals surface area contributed by atoms with Crippen molar-refractivity contribution >= 4 is 17.5 Å². The van der Waals surface area contributed by atoms with Gasteiger partial charge in [0, 0.05) is 29.1 Å². The lowest BCUT2D eigenvalue weighted by atomic mass is 10.00. The van der Waals surface area contributed by atoms with Crippen molar-refractivity contribution < 1.29 is 9.32 Å². The second kappa shape index (κ2) is 6.13. The van der Waals surface area contributed by atoms with Crippen molar-refractivity contribution in [2.24, 2.45) is 5.92 Å². The van der Waals surface area contributed by atoms with Crippen LogP contribution in [-0.4, -0.2) is 22.5 Å². The Bertz CT molecular complexity index is 676. The molecule has 0 saturated heterocycles. The molecule has 0 radical (unpaired) electrons. The first-order chi connectivity index (χ1) is 10.5. The lowest BCUT2D eigenvalue weighted by molar-refractivity contribution is -0.132. The molecule has 0 aliphatic carbocycles. The van der Waals surface area contributed by atoms with Gasteiger partial charge in [-0.15, -0.1) is 0 Å². The van der Waals surface area contributed by atoms with Crippen molar-refractivity contribution in [2.75, 3.05) is 6.54 Å². The lowest BCUT2D eigenvalue weighted by Gasteiger charge is -2.26. The van der Waals surface area contributed by atoms with Crippen LogP contribution < -0.4 is 0 Å². The summed E-state index contributed by atoms with van der Waals surface area (Å²) in [6, 6.07) is 7.54. The maximum atomic E-state index is 12.2. The number of hydrogen-bond donors (Lipinski definition) is 0. The minimum atomic E-state index is 0.191. The maximum absolute atomic E-state index is 12.2. The van der Waals surface area contributed by atoms with E-state index >= 15 is 0 Å². The van der Waals surface area contributed by atoms with Crippen molar-refractivity contribution in [3.8, 4) is 11.3 Å². The summed E-state index contributed by atoms with van der Waals surface area (Å²) < 4.78 is 5.52. The number of halogens is 1. The van der Waals surface area contributed by atoms with Crippen LogP contribution in [0.4, 0.5) is 0 Å². The first kappa shape index (κ1) is 15.1. The van der Waals surface area contributed by atoms with Gasteiger partial charge in [-0.2, -0.15) is 0 Å². The quantitative estimate of drug-likeness (QED) is 0.861. The van der Waals surface area contributed by atoms with Gasteiger partial charge in [0.15, 0.2) is 5.76 Å². The van der Waals surface area contributed by atoms with Gasteiger partial charge in [0.2, 0.25) is 5.91 Å². The molecule has 0 unspecified atom stereocenters. The van der Waals surface area contributed by atoms with E-state index in [1.165, 1.54) is 0 Å². The van der Waals surface area contributed by atoms with E-state index in [9.17, 15) is 4.79 Å². The zero-order valence-corrected chi connectivity index (χ0v) is 13.6. The zero-order valence-electron chi connectivity index (χ0n) is 12.8. The van der Waals surface area contributed by atoms with Gasteiger partial charge in [0.25, 0.3) is 0 Å². The highest BCUT2D eigenvalue weighted by Crippen LogP contribution is 2.31. The fraction of sp³-hybridized carbons (Fsp3) is 0.412. The molecule has 3 rings (SSSR count). The molecule has 0 N–H and O–H groups in total. The predicted octanol–water partition coefficient (Wildman–Crippen LogP) is 3.93. The van der Waals surface area contributed by atoms with E-state index in [1.54, 1.807) is 0 Å². The summed E-state index contributed by atoms with van der Waals surface area (Å²) in [6.07, 6.45) is 1.36. The van der Waals surface area contributed by atoms with Crippen LogP contribution in [0.2, 0.25) is 5.02 Å². The van der Waals surface area contributed by atoms with Crippen LogP contribution in [-0.2, 0) is 17.8 Å². The average molecular weight is 319 g/mol. The van der Waals surface area contributed by atoms with Crippen molar-refractivity contribution in [2.45, 2.75) is 33.2 Å². The Balaban J connectivity index is 1.80. The first-order valence-electron chi connectivity index (χ1n) is 7.55. The van der Waals surface area contributed by atoms with Gasteiger partial charge in [-0.05, 0) is 36.6 Å². The minimum Gasteiger partial charge on any atom is -0.356 e. The zero-order chi connectivity index (χ0) is 15.7. The normalized spacial score (nSPS) is 14.3. The van der Waals surface area contributed by atoms with Crippen LogP contribution in [0.1, 0.15) is 31.5 Å². The second-order valence-corrected chi connectivity index (χ2v) is 6.54. The third-order valence-corrected chi connectivity index (χ3v) is 4.14. The summed E-state index contributed by atoms with van der Waals surface area (Å²) in [5.41, 5.74) is 2.95. The van der Waals surface area contributed by atoms with Crippen molar-refractivity contribution in [1.29, 1.82) is 0 Å². The van der Waals surface area contributed by atoms with Crippen LogP contribution in [0.3, 0.4) is 0 Å². The molecule has 2 heterocycles. The summed E-state index contributed by atoms with van der Waals surface area (Å²) in [5.74, 6) is 1.36.